The number of benzene rings is 1. The topological polar surface area (TPSA) is 44.3 Å². The van der Waals surface area contributed by atoms with Gasteiger partial charge >= 0.3 is 6.18 Å². The van der Waals surface area contributed by atoms with Gasteiger partial charge in [0.15, 0.2) is 0 Å². The minimum absolute atomic E-state index is 0.0135. The Balaban J connectivity index is 1.39. The molecule has 1 N–H and O–H groups in total. The molecule has 0 radical (unpaired) electrons. The monoisotopic (exact) mass is 502 g/mol. The first-order valence-electron chi connectivity index (χ1n) is 12.0. The molecule has 3 aromatic rings. The molecule has 2 unspecified atom stereocenters. The lowest BCUT2D eigenvalue weighted by Crippen LogP contribution is -2.50. The Hall–Kier alpha value is -2.65. The smallest absolute Gasteiger partial charge is 0.361 e. The number of thioether (sulfide) groups is 1. The molecule has 2 atom stereocenters. The first-order chi connectivity index (χ1) is 16.8. The Morgan fingerprint density at radius 2 is 2.03 bits per heavy atom. The summed E-state index contributed by atoms with van der Waals surface area (Å²) in [5.41, 5.74) is 1.36. The molecule has 4 heterocycles. The number of alkyl halides is 3. The Bertz CT molecular complexity index is 1280. The van der Waals surface area contributed by atoms with Gasteiger partial charge in [-0.25, -0.2) is 0 Å². The van der Waals surface area contributed by atoms with Gasteiger partial charge in [0, 0.05) is 60.7 Å². The third-order valence-electron chi connectivity index (χ3n) is 6.96. The number of aromatic amines is 1. The number of unbranched alkanes of at least 4 members (excludes halogenated alkanes) is 1. The van der Waals surface area contributed by atoms with E-state index in [4.69, 9.17) is 0 Å². The standard InChI is InChI=1S/C26H29F3N4OS/c1-2-3-6-20(13-18-16-30-23-8-5-4-7-22(18)23)33-11-12-35-25(33)31-9-10-32-21(17-31)14-19(15-24(32)34)26(27,28)29/h4-5,7-8,11-12,14-16,20,25,30H,2-3,6,9-10,13,17H2,1H3. The molecule has 2 aliphatic heterocycles. The van der Waals surface area contributed by atoms with Crippen molar-refractivity contribution >= 4 is 22.7 Å². The lowest BCUT2D eigenvalue weighted by atomic mass is 9.99. The van der Waals surface area contributed by atoms with Crippen LogP contribution in [-0.2, 0) is 25.7 Å². The van der Waals surface area contributed by atoms with Crippen LogP contribution < -0.4 is 5.56 Å². The van der Waals surface area contributed by atoms with Crippen LogP contribution in [0.5, 0.6) is 0 Å². The fourth-order valence-corrected chi connectivity index (χ4v) is 6.24. The number of halogens is 3. The van der Waals surface area contributed by atoms with Crippen molar-refractivity contribution in [2.75, 3.05) is 6.54 Å². The van der Waals surface area contributed by atoms with E-state index < -0.39 is 17.3 Å². The van der Waals surface area contributed by atoms with E-state index in [1.54, 1.807) is 11.8 Å². The summed E-state index contributed by atoms with van der Waals surface area (Å²) in [4.78, 5) is 20.3. The number of hydrogen-bond donors (Lipinski definition) is 1. The second-order valence-corrected chi connectivity index (χ2v) is 10.2. The van der Waals surface area contributed by atoms with Crippen LogP contribution in [0, 0.1) is 0 Å². The predicted molar refractivity (Wildman–Crippen MR) is 134 cm³/mol. The summed E-state index contributed by atoms with van der Waals surface area (Å²) in [6.45, 7) is 3.50. The van der Waals surface area contributed by atoms with Crippen molar-refractivity contribution in [1.82, 2.24) is 19.4 Å². The molecule has 2 aromatic heterocycles. The number of rotatable bonds is 7. The first kappa shape index (κ1) is 24.1. The second kappa shape index (κ2) is 9.78. The van der Waals surface area contributed by atoms with Gasteiger partial charge < -0.3 is 14.5 Å². The third kappa shape index (κ3) is 4.89. The molecule has 35 heavy (non-hydrogen) atoms. The molecule has 0 aliphatic carbocycles. The molecule has 0 saturated carbocycles. The van der Waals surface area contributed by atoms with E-state index in [2.05, 4.69) is 57.7 Å². The molecule has 0 fully saturated rings. The molecule has 2 aliphatic rings. The van der Waals surface area contributed by atoms with E-state index in [0.717, 1.165) is 37.3 Å². The predicted octanol–water partition coefficient (Wildman–Crippen LogP) is 5.77. The lowest BCUT2D eigenvalue weighted by molar-refractivity contribution is -0.137. The zero-order chi connectivity index (χ0) is 24.6. The van der Waals surface area contributed by atoms with Crippen LogP contribution in [0.4, 0.5) is 13.2 Å². The number of nitrogens with zero attached hydrogens (tertiary/aromatic N) is 3. The molecule has 1 aromatic carbocycles. The van der Waals surface area contributed by atoms with Crippen molar-refractivity contribution in [3.8, 4) is 0 Å². The van der Waals surface area contributed by atoms with E-state index in [0.29, 0.717) is 31.4 Å². The second-order valence-electron chi connectivity index (χ2n) is 9.25. The van der Waals surface area contributed by atoms with Crippen LogP contribution in [0.3, 0.4) is 0 Å². The molecule has 0 spiro atoms. The molecular formula is C26H29F3N4OS. The fourth-order valence-electron chi connectivity index (χ4n) is 5.15. The highest BCUT2D eigenvalue weighted by atomic mass is 32.2. The normalized spacial score (nSPS) is 19.4. The quantitative estimate of drug-likeness (QED) is 0.446. The number of fused-ring (bicyclic) bond motifs is 2. The molecule has 5 nitrogen and oxygen atoms in total. The summed E-state index contributed by atoms with van der Waals surface area (Å²) in [5.74, 6) is 0. The number of aromatic nitrogens is 2. The maximum absolute atomic E-state index is 13.3. The summed E-state index contributed by atoms with van der Waals surface area (Å²) in [6, 6.07) is 10.4. The summed E-state index contributed by atoms with van der Waals surface area (Å²) >= 11 is 1.68. The summed E-state index contributed by atoms with van der Waals surface area (Å²) in [5, 5.41) is 3.31. The van der Waals surface area contributed by atoms with Crippen molar-refractivity contribution in [3.05, 3.63) is 81.4 Å². The van der Waals surface area contributed by atoms with Crippen molar-refractivity contribution < 1.29 is 13.2 Å². The average Bonchev–Trinajstić information content (AvgIpc) is 3.48. The van der Waals surface area contributed by atoms with Crippen LogP contribution in [0.2, 0.25) is 0 Å². The van der Waals surface area contributed by atoms with Gasteiger partial charge in [0.25, 0.3) is 5.56 Å². The van der Waals surface area contributed by atoms with E-state index in [-0.39, 0.29) is 11.5 Å². The van der Waals surface area contributed by atoms with Crippen molar-refractivity contribution in [2.45, 2.75) is 63.4 Å². The Morgan fingerprint density at radius 3 is 2.83 bits per heavy atom. The highest BCUT2D eigenvalue weighted by Crippen LogP contribution is 2.36. The molecule has 5 rings (SSSR count). The van der Waals surface area contributed by atoms with Crippen molar-refractivity contribution in [2.24, 2.45) is 0 Å². The van der Waals surface area contributed by atoms with E-state index in [1.165, 1.54) is 15.5 Å². The SMILES string of the molecule is CCCCC(Cc1c[nH]c2ccccc12)N1C=CSC1N1CCn2c(cc(C(F)(F)F)cc2=O)C1. The van der Waals surface area contributed by atoms with Crippen LogP contribution in [-0.4, -0.2) is 37.4 Å². The molecular weight excluding hydrogens is 473 g/mol. The Morgan fingerprint density at radius 1 is 1.20 bits per heavy atom. The fraction of sp³-hybridized carbons (Fsp3) is 0.423. The third-order valence-corrected chi connectivity index (χ3v) is 8.02. The van der Waals surface area contributed by atoms with E-state index in [9.17, 15) is 18.0 Å². The number of H-pyrrole nitrogens is 1. The van der Waals surface area contributed by atoms with Crippen LogP contribution in [0.1, 0.15) is 43.0 Å². The average molecular weight is 503 g/mol. The summed E-state index contributed by atoms with van der Waals surface area (Å²) in [6.07, 6.45) is 3.79. The number of para-hydroxylation sites is 1. The minimum Gasteiger partial charge on any atom is -0.361 e. The van der Waals surface area contributed by atoms with Gasteiger partial charge in [-0.05, 0) is 35.9 Å². The number of pyridine rings is 1. The molecule has 186 valence electrons. The molecule has 9 heteroatoms. The highest BCUT2D eigenvalue weighted by molar-refractivity contribution is 8.02. The summed E-state index contributed by atoms with van der Waals surface area (Å²) < 4.78 is 41.5. The minimum atomic E-state index is -4.53. The van der Waals surface area contributed by atoms with Crippen LogP contribution in [0.15, 0.2) is 59.0 Å². The van der Waals surface area contributed by atoms with Gasteiger partial charge in [-0.1, -0.05) is 49.7 Å². The lowest BCUT2D eigenvalue weighted by Gasteiger charge is -2.42. The zero-order valence-electron chi connectivity index (χ0n) is 19.6. The van der Waals surface area contributed by atoms with Gasteiger partial charge in [0.2, 0.25) is 0 Å². The zero-order valence-corrected chi connectivity index (χ0v) is 20.4. The van der Waals surface area contributed by atoms with E-state index >= 15 is 0 Å². The van der Waals surface area contributed by atoms with Crippen molar-refractivity contribution in [3.63, 3.8) is 0 Å². The maximum Gasteiger partial charge on any atom is 0.416 e. The van der Waals surface area contributed by atoms with Gasteiger partial charge in [-0.3, -0.25) is 9.69 Å². The van der Waals surface area contributed by atoms with Crippen molar-refractivity contribution in [1.29, 1.82) is 0 Å². The Kier molecular flexibility index (Phi) is 6.72. The highest BCUT2D eigenvalue weighted by Gasteiger charge is 2.36. The van der Waals surface area contributed by atoms with E-state index in [1.807, 2.05) is 6.07 Å². The molecule has 0 bridgehead atoms. The van der Waals surface area contributed by atoms with Gasteiger partial charge in [-0.2, -0.15) is 13.2 Å². The number of nitrogens with one attached hydrogen (secondary N) is 1. The van der Waals surface area contributed by atoms with Gasteiger partial charge in [0.05, 0.1) is 5.56 Å². The van der Waals surface area contributed by atoms with Crippen LogP contribution >= 0.6 is 11.8 Å². The maximum atomic E-state index is 13.3. The van der Waals surface area contributed by atoms with Gasteiger partial charge in [0.1, 0.15) is 5.50 Å². The largest absolute Gasteiger partial charge is 0.416 e. The molecule has 0 saturated heterocycles. The molecule has 0 amide bonds. The Labute approximate surface area is 206 Å². The first-order valence-corrected chi connectivity index (χ1v) is 13.0. The van der Waals surface area contributed by atoms with Crippen LogP contribution in [0.25, 0.3) is 10.9 Å². The summed E-state index contributed by atoms with van der Waals surface area (Å²) in [7, 11) is 0. The van der Waals surface area contributed by atoms with Gasteiger partial charge in [-0.15, -0.1) is 0 Å². The number of hydrogen-bond acceptors (Lipinski definition) is 4.